The van der Waals surface area contributed by atoms with E-state index in [1.807, 2.05) is 6.92 Å². The zero-order valence-electron chi connectivity index (χ0n) is 12.4. The molecule has 1 aromatic carbocycles. The van der Waals surface area contributed by atoms with E-state index in [0.717, 1.165) is 17.0 Å². The van der Waals surface area contributed by atoms with E-state index in [1.165, 1.54) is 13.0 Å². The molecule has 0 aliphatic carbocycles. The van der Waals surface area contributed by atoms with Gasteiger partial charge in [0.25, 0.3) is 0 Å². The molecule has 6 heteroatoms. The molecule has 0 fully saturated rings. The molecule has 0 N–H and O–H groups in total. The van der Waals surface area contributed by atoms with Crippen molar-refractivity contribution in [3.05, 3.63) is 35.1 Å². The predicted octanol–water partition coefficient (Wildman–Crippen LogP) is -1.26. The zero-order valence-corrected chi connectivity index (χ0v) is 14.4. The molecule has 0 amide bonds. The minimum Gasteiger partial charge on any atom is -0.545 e. The first-order valence-electron chi connectivity index (χ1n) is 5.99. The van der Waals surface area contributed by atoms with Crippen molar-refractivity contribution in [2.24, 2.45) is 0 Å². The van der Waals surface area contributed by atoms with E-state index in [-0.39, 0.29) is 35.3 Å². The number of benzene rings is 1. The quantitative estimate of drug-likeness (QED) is 0.306. The summed E-state index contributed by atoms with van der Waals surface area (Å²) >= 11 is 0. The van der Waals surface area contributed by atoms with Crippen molar-refractivity contribution in [2.75, 3.05) is 0 Å². The Bertz CT molecular complexity index is 727. The summed E-state index contributed by atoms with van der Waals surface area (Å²) in [7, 11) is 0. The van der Waals surface area contributed by atoms with Crippen LogP contribution in [0.25, 0.3) is 17.0 Å². The van der Waals surface area contributed by atoms with Gasteiger partial charge in [-0.05, 0) is 37.6 Å². The van der Waals surface area contributed by atoms with Crippen LogP contribution in [0.2, 0.25) is 0 Å². The molecular weight excluding hydrogens is 283 g/mol. The van der Waals surface area contributed by atoms with Crippen molar-refractivity contribution in [3.8, 4) is 5.75 Å². The molecule has 0 radical (unpaired) electrons. The van der Waals surface area contributed by atoms with Crippen molar-refractivity contribution in [3.63, 3.8) is 0 Å². The van der Waals surface area contributed by atoms with Crippen LogP contribution in [0.1, 0.15) is 23.6 Å². The van der Waals surface area contributed by atoms with E-state index >= 15 is 0 Å². The van der Waals surface area contributed by atoms with Crippen molar-refractivity contribution >= 4 is 29.0 Å². The van der Waals surface area contributed by atoms with E-state index in [0.29, 0.717) is 16.7 Å². The molecule has 2 aromatic rings. The van der Waals surface area contributed by atoms with Gasteiger partial charge in [0, 0.05) is 23.4 Å². The van der Waals surface area contributed by atoms with Crippen LogP contribution in [0.3, 0.4) is 0 Å². The van der Waals surface area contributed by atoms with Crippen LogP contribution in [0.4, 0.5) is 0 Å². The first-order valence-corrected chi connectivity index (χ1v) is 5.99. The van der Waals surface area contributed by atoms with Gasteiger partial charge in [-0.3, -0.25) is 4.79 Å². The average Bonchev–Trinajstić information content (AvgIpc) is 2.72. The number of carboxylic acids is 1. The summed E-state index contributed by atoms with van der Waals surface area (Å²) in [5, 5.41) is 11.4. The van der Waals surface area contributed by atoms with Crippen LogP contribution in [0.15, 0.2) is 22.8 Å². The molecule has 1 aromatic heterocycles. The van der Waals surface area contributed by atoms with Crippen LogP contribution in [0, 0.1) is 13.8 Å². The largest absolute Gasteiger partial charge is 1.00 e. The summed E-state index contributed by atoms with van der Waals surface area (Å²) in [5.74, 6) is -1.52. The van der Waals surface area contributed by atoms with Crippen molar-refractivity contribution in [1.29, 1.82) is 0 Å². The molecule has 0 bridgehead atoms. The summed E-state index contributed by atoms with van der Waals surface area (Å²) in [6.45, 7) is 4.91. The molecule has 0 spiro atoms. The number of aliphatic carboxylic acids is 1. The number of hydrogen-bond donors (Lipinski definition) is 0. The van der Waals surface area contributed by atoms with Gasteiger partial charge in [-0.15, -0.1) is 0 Å². The molecule has 5 nitrogen and oxygen atoms in total. The van der Waals surface area contributed by atoms with Gasteiger partial charge in [0.05, 0.1) is 12.2 Å². The molecule has 0 saturated carbocycles. The third-order valence-electron chi connectivity index (χ3n) is 2.91. The van der Waals surface area contributed by atoms with Gasteiger partial charge in [-0.2, -0.15) is 0 Å². The Morgan fingerprint density at radius 2 is 2.00 bits per heavy atom. The molecule has 1 heterocycles. The van der Waals surface area contributed by atoms with Crippen LogP contribution < -0.4 is 39.4 Å². The van der Waals surface area contributed by atoms with Crippen LogP contribution in [0.5, 0.6) is 5.75 Å². The smallest absolute Gasteiger partial charge is 0.545 e. The van der Waals surface area contributed by atoms with Crippen LogP contribution in [-0.4, -0.2) is 11.9 Å². The SMILES string of the molecule is CC(=O)Oc1c(/C=C\C(=O)[O-])cc2c(C)coc2c1C.[Na+]. The topological polar surface area (TPSA) is 79.6 Å². The maximum atomic E-state index is 11.2. The fourth-order valence-corrected chi connectivity index (χ4v) is 2.02. The third kappa shape index (κ3) is 3.75. The van der Waals surface area contributed by atoms with Crippen LogP contribution >= 0.6 is 0 Å². The fourth-order valence-electron chi connectivity index (χ4n) is 2.02. The summed E-state index contributed by atoms with van der Waals surface area (Å²) in [6.07, 6.45) is 3.83. The summed E-state index contributed by atoms with van der Waals surface area (Å²) < 4.78 is 10.6. The second kappa shape index (κ2) is 6.93. The molecule has 0 unspecified atom stereocenters. The maximum Gasteiger partial charge on any atom is 1.00 e. The maximum absolute atomic E-state index is 11.2. The molecule has 0 atom stereocenters. The van der Waals surface area contributed by atoms with Gasteiger partial charge in [0.1, 0.15) is 11.3 Å². The molecule has 0 aliphatic rings. The number of esters is 1. The summed E-state index contributed by atoms with van der Waals surface area (Å²) in [4.78, 5) is 21.7. The Hall–Kier alpha value is -1.56. The first-order chi connectivity index (χ1) is 9.40. The number of aryl methyl sites for hydroxylation is 2. The van der Waals surface area contributed by atoms with E-state index < -0.39 is 11.9 Å². The molecule has 2 rings (SSSR count). The molecule has 21 heavy (non-hydrogen) atoms. The van der Waals surface area contributed by atoms with E-state index in [9.17, 15) is 14.7 Å². The normalized spacial score (nSPS) is 10.6. The number of carbonyl (C=O) groups is 2. The predicted molar refractivity (Wildman–Crippen MR) is 71.0 cm³/mol. The van der Waals surface area contributed by atoms with Crippen LogP contribution in [-0.2, 0) is 9.59 Å². The number of ether oxygens (including phenoxy) is 1. The Morgan fingerprint density at radius 1 is 1.33 bits per heavy atom. The number of hydrogen-bond acceptors (Lipinski definition) is 5. The second-order valence-electron chi connectivity index (χ2n) is 4.46. The van der Waals surface area contributed by atoms with Gasteiger partial charge < -0.3 is 19.1 Å². The van der Waals surface area contributed by atoms with Gasteiger partial charge in [-0.1, -0.05) is 0 Å². The number of carbonyl (C=O) groups excluding carboxylic acids is 2. The van der Waals surface area contributed by atoms with Gasteiger partial charge in [0.15, 0.2) is 0 Å². The summed E-state index contributed by atoms with van der Waals surface area (Å²) in [5.41, 5.74) is 2.66. The average molecular weight is 296 g/mol. The summed E-state index contributed by atoms with van der Waals surface area (Å²) in [6, 6.07) is 1.72. The first kappa shape index (κ1) is 17.5. The number of fused-ring (bicyclic) bond motifs is 1. The standard InChI is InChI=1S/C15H14O5.Na/c1-8-7-19-15-9(2)14(20-10(3)16)11(6-12(8)15)4-5-13(17)18;/h4-7H,1-3H3,(H,17,18);/q;+1/p-1/b5-4-;. The Balaban J connectivity index is 0.00000220. The molecule has 104 valence electrons. The fraction of sp³-hybridized carbons (Fsp3) is 0.200. The Labute approximate surface area is 143 Å². The minimum absolute atomic E-state index is 0. The van der Waals surface area contributed by atoms with E-state index in [1.54, 1.807) is 19.3 Å². The molecule has 0 aliphatic heterocycles. The molecule has 0 saturated heterocycles. The number of carboxylic acid groups (broad SMARTS) is 1. The van der Waals surface area contributed by atoms with Gasteiger partial charge in [0.2, 0.25) is 0 Å². The van der Waals surface area contributed by atoms with Crippen molar-refractivity contribution in [2.45, 2.75) is 20.8 Å². The molecular formula is C15H13NaO5. The van der Waals surface area contributed by atoms with Crippen molar-refractivity contribution < 1.29 is 53.4 Å². The van der Waals surface area contributed by atoms with Gasteiger partial charge in [-0.25, -0.2) is 0 Å². The Morgan fingerprint density at radius 3 is 2.57 bits per heavy atom. The monoisotopic (exact) mass is 296 g/mol. The van der Waals surface area contributed by atoms with Gasteiger partial charge >= 0.3 is 35.5 Å². The number of rotatable bonds is 3. The Kier molecular flexibility index (Phi) is 5.78. The van der Waals surface area contributed by atoms with Crippen molar-refractivity contribution in [1.82, 2.24) is 0 Å². The third-order valence-corrected chi connectivity index (χ3v) is 2.91. The van der Waals surface area contributed by atoms with E-state index in [2.05, 4.69) is 0 Å². The van der Waals surface area contributed by atoms with E-state index in [4.69, 9.17) is 9.15 Å². The second-order valence-corrected chi connectivity index (χ2v) is 4.46. The number of furan rings is 1. The minimum atomic E-state index is -1.32. The zero-order chi connectivity index (χ0) is 14.9.